The highest BCUT2D eigenvalue weighted by atomic mass is 19.1. The predicted octanol–water partition coefficient (Wildman–Crippen LogP) is 1.85. The maximum absolute atomic E-state index is 13.6. The third-order valence-corrected chi connectivity index (χ3v) is 3.14. The van der Waals surface area contributed by atoms with Gasteiger partial charge in [-0.2, -0.15) is 0 Å². The lowest BCUT2D eigenvalue weighted by atomic mass is 10.0. The van der Waals surface area contributed by atoms with Gasteiger partial charge in [0.25, 0.3) is 5.91 Å². The Morgan fingerprint density at radius 3 is 2.21 bits per heavy atom. The molecule has 1 aromatic rings. The number of carbonyl (C=O) groups excluding carboxylic acids is 1. The van der Waals surface area contributed by atoms with Gasteiger partial charge < -0.3 is 15.3 Å². The molecule has 0 saturated carbocycles. The zero-order valence-electron chi connectivity index (χ0n) is 11.4. The fraction of sp³-hybridized carbons (Fsp3) is 0.462. The summed E-state index contributed by atoms with van der Waals surface area (Å²) in [6.45, 7) is 3.05. The zero-order valence-corrected chi connectivity index (χ0v) is 11.4. The van der Waals surface area contributed by atoms with Crippen molar-refractivity contribution in [3.63, 3.8) is 0 Å². The van der Waals surface area contributed by atoms with E-state index in [0.717, 1.165) is 12.1 Å². The summed E-state index contributed by atoms with van der Waals surface area (Å²) in [5.74, 6) is -2.22. The molecule has 1 rings (SSSR count). The minimum atomic E-state index is -0.832. The molecule has 0 aliphatic rings. The SMILES string of the molecule is CNc1c(F)cc(C(=O)N(C)C(C)(C)CO)cc1F. The summed E-state index contributed by atoms with van der Waals surface area (Å²) >= 11 is 0. The lowest BCUT2D eigenvalue weighted by Crippen LogP contribution is -2.47. The number of halogens is 2. The topological polar surface area (TPSA) is 52.6 Å². The van der Waals surface area contributed by atoms with Crippen molar-refractivity contribution in [3.05, 3.63) is 29.3 Å². The molecule has 2 N–H and O–H groups in total. The number of carbonyl (C=O) groups is 1. The molecule has 0 aromatic heterocycles. The van der Waals surface area contributed by atoms with E-state index in [0.29, 0.717) is 0 Å². The van der Waals surface area contributed by atoms with Crippen molar-refractivity contribution in [2.45, 2.75) is 19.4 Å². The maximum Gasteiger partial charge on any atom is 0.254 e. The molecular weight excluding hydrogens is 254 g/mol. The Morgan fingerprint density at radius 1 is 1.37 bits per heavy atom. The Balaban J connectivity index is 3.15. The molecule has 0 fully saturated rings. The predicted molar refractivity (Wildman–Crippen MR) is 69.2 cm³/mol. The van der Waals surface area contributed by atoms with Gasteiger partial charge in [-0.3, -0.25) is 4.79 Å². The van der Waals surface area contributed by atoms with Gasteiger partial charge in [0.2, 0.25) is 0 Å². The monoisotopic (exact) mass is 272 g/mol. The van der Waals surface area contributed by atoms with Gasteiger partial charge in [-0.05, 0) is 26.0 Å². The number of hydrogen-bond acceptors (Lipinski definition) is 3. The van der Waals surface area contributed by atoms with Crippen LogP contribution in [-0.2, 0) is 0 Å². The van der Waals surface area contributed by atoms with Gasteiger partial charge in [0.05, 0.1) is 12.1 Å². The van der Waals surface area contributed by atoms with Crippen molar-refractivity contribution in [1.82, 2.24) is 4.90 Å². The molecule has 0 atom stereocenters. The summed E-state index contributed by atoms with van der Waals surface area (Å²) in [4.78, 5) is 13.4. The van der Waals surface area contributed by atoms with Crippen LogP contribution in [0.1, 0.15) is 24.2 Å². The second-order valence-electron chi connectivity index (χ2n) is 4.90. The largest absolute Gasteiger partial charge is 0.394 e. The molecule has 1 amide bonds. The zero-order chi connectivity index (χ0) is 14.8. The summed E-state index contributed by atoms with van der Waals surface area (Å²) in [6, 6.07) is 1.95. The summed E-state index contributed by atoms with van der Waals surface area (Å²) in [7, 11) is 2.87. The van der Waals surface area contributed by atoms with Crippen molar-refractivity contribution in [3.8, 4) is 0 Å². The minimum absolute atomic E-state index is 0.0991. The average Bonchev–Trinajstić information content (AvgIpc) is 2.36. The Bertz CT molecular complexity index is 467. The van der Waals surface area contributed by atoms with E-state index < -0.39 is 23.1 Å². The highest BCUT2D eigenvalue weighted by molar-refractivity contribution is 5.95. The Kier molecular flexibility index (Phi) is 4.47. The van der Waals surface area contributed by atoms with Crippen LogP contribution >= 0.6 is 0 Å². The standard InChI is InChI=1S/C13H18F2N2O2/c1-13(2,7-18)17(4)12(19)8-5-9(14)11(16-3)10(15)6-8/h5-6,16,18H,7H2,1-4H3. The number of anilines is 1. The van der Waals surface area contributed by atoms with Crippen LogP contribution in [0.25, 0.3) is 0 Å². The van der Waals surface area contributed by atoms with Crippen LogP contribution in [0.3, 0.4) is 0 Å². The Morgan fingerprint density at radius 2 is 1.84 bits per heavy atom. The molecular formula is C13H18F2N2O2. The fourth-order valence-electron chi connectivity index (χ4n) is 1.51. The maximum atomic E-state index is 13.6. The molecule has 0 bridgehead atoms. The molecule has 6 heteroatoms. The van der Waals surface area contributed by atoms with Crippen molar-refractivity contribution < 1.29 is 18.7 Å². The molecule has 0 radical (unpaired) electrons. The van der Waals surface area contributed by atoms with Gasteiger partial charge in [0.15, 0.2) is 0 Å². The van der Waals surface area contributed by atoms with E-state index in [4.69, 9.17) is 0 Å². The number of aliphatic hydroxyl groups excluding tert-OH is 1. The first-order chi connectivity index (χ1) is 8.74. The number of amides is 1. The van der Waals surface area contributed by atoms with E-state index in [9.17, 15) is 18.7 Å². The molecule has 4 nitrogen and oxygen atoms in total. The van der Waals surface area contributed by atoms with Crippen LogP contribution in [0.15, 0.2) is 12.1 Å². The van der Waals surface area contributed by atoms with Gasteiger partial charge in [0, 0.05) is 19.7 Å². The van der Waals surface area contributed by atoms with Crippen molar-refractivity contribution in [2.75, 3.05) is 26.0 Å². The molecule has 0 unspecified atom stereocenters. The molecule has 0 spiro atoms. The van der Waals surface area contributed by atoms with Gasteiger partial charge in [-0.1, -0.05) is 0 Å². The van der Waals surface area contributed by atoms with E-state index in [1.54, 1.807) is 13.8 Å². The summed E-state index contributed by atoms with van der Waals surface area (Å²) in [6.07, 6.45) is 0. The number of nitrogens with zero attached hydrogens (tertiary/aromatic N) is 1. The number of rotatable bonds is 4. The third kappa shape index (κ3) is 3.01. The van der Waals surface area contributed by atoms with Crippen LogP contribution in [0.5, 0.6) is 0 Å². The molecule has 0 aliphatic heterocycles. The first-order valence-corrected chi connectivity index (χ1v) is 5.80. The molecule has 0 aliphatic carbocycles. The number of likely N-dealkylation sites (N-methyl/N-ethyl adjacent to an activating group) is 1. The van der Waals surface area contributed by atoms with E-state index in [2.05, 4.69) is 5.32 Å². The highest BCUT2D eigenvalue weighted by Gasteiger charge is 2.28. The highest BCUT2D eigenvalue weighted by Crippen LogP contribution is 2.22. The molecule has 1 aromatic carbocycles. The van der Waals surface area contributed by atoms with Crippen LogP contribution in [-0.4, -0.2) is 42.2 Å². The second kappa shape index (κ2) is 5.52. The number of benzene rings is 1. The third-order valence-electron chi connectivity index (χ3n) is 3.14. The number of aliphatic hydroxyl groups is 1. The first-order valence-electron chi connectivity index (χ1n) is 5.80. The van der Waals surface area contributed by atoms with Gasteiger partial charge in [-0.15, -0.1) is 0 Å². The molecule has 19 heavy (non-hydrogen) atoms. The number of hydrogen-bond donors (Lipinski definition) is 2. The molecule has 0 heterocycles. The average molecular weight is 272 g/mol. The lowest BCUT2D eigenvalue weighted by molar-refractivity contribution is 0.0472. The lowest BCUT2D eigenvalue weighted by Gasteiger charge is -2.34. The normalized spacial score (nSPS) is 11.3. The van der Waals surface area contributed by atoms with Crippen LogP contribution in [0, 0.1) is 11.6 Å². The molecule has 106 valence electrons. The smallest absolute Gasteiger partial charge is 0.254 e. The van der Waals surface area contributed by atoms with Gasteiger partial charge in [0.1, 0.15) is 17.3 Å². The Labute approximate surface area is 111 Å². The fourth-order valence-corrected chi connectivity index (χ4v) is 1.51. The first kappa shape index (κ1) is 15.4. The minimum Gasteiger partial charge on any atom is -0.394 e. The second-order valence-corrected chi connectivity index (χ2v) is 4.90. The summed E-state index contributed by atoms with van der Waals surface area (Å²) in [5, 5.41) is 11.6. The number of nitrogens with one attached hydrogen (secondary N) is 1. The van der Waals surface area contributed by atoms with E-state index in [1.165, 1.54) is 19.0 Å². The van der Waals surface area contributed by atoms with E-state index >= 15 is 0 Å². The summed E-state index contributed by atoms with van der Waals surface area (Å²) < 4.78 is 27.2. The summed E-state index contributed by atoms with van der Waals surface area (Å²) in [5.41, 5.74) is -1.19. The Hall–Kier alpha value is -1.69. The van der Waals surface area contributed by atoms with Gasteiger partial charge in [-0.25, -0.2) is 8.78 Å². The quantitative estimate of drug-likeness (QED) is 0.879. The molecule has 0 saturated heterocycles. The van der Waals surface area contributed by atoms with Crippen molar-refractivity contribution >= 4 is 11.6 Å². The van der Waals surface area contributed by atoms with E-state index in [1.807, 2.05) is 0 Å². The van der Waals surface area contributed by atoms with Crippen molar-refractivity contribution in [2.24, 2.45) is 0 Å². The van der Waals surface area contributed by atoms with Gasteiger partial charge >= 0.3 is 0 Å². The van der Waals surface area contributed by atoms with Crippen LogP contribution in [0.4, 0.5) is 14.5 Å². The van der Waals surface area contributed by atoms with Crippen LogP contribution < -0.4 is 5.32 Å². The van der Waals surface area contributed by atoms with Crippen molar-refractivity contribution in [1.29, 1.82) is 0 Å². The van der Waals surface area contributed by atoms with Crippen LogP contribution in [0.2, 0.25) is 0 Å². The van der Waals surface area contributed by atoms with E-state index in [-0.39, 0.29) is 17.9 Å².